The van der Waals surface area contributed by atoms with Crippen LogP contribution in [0.2, 0.25) is 0 Å². The molecule has 0 spiro atoms. The molecule has 2 saturated heterocycles. The Morgan fingerprint density at radius 3 is 2.21 bits per heavy atom. The fourth-order valence-electron chi connectivity index (χ4n) is 5.22. The van der Waals surface area contributed by atoms with E-state index in [0.29, 0.717) is 12.2 Å². The largest absolute Gasteiger partial charge is 0.379 e. The number of ether oxygens (including phenoxy) is 3. The van der Waals surface area contributed by atoms with Crippen LogP contribution in [0, 0.1) is 0 Å². The number of para-hydroxylation sites is 2. The highest BCUT2D eigenvalue weighted by atomic mass is 16.5. The zero-order valence-corrected chi connectivity index (χ0v) is 22.0. The van der Waals surface area contributed by atoms with Crippen molar-refractivity contribution >= 4 is 28.7 Å². The van der Waals surface area contributed by atoms with E-state index in [1.807, 2.05) is 72.8 Å². The van der Waals surface area contributed by atoms with E-state index in [2.05, 4.69) is 25.8 Å². The summed E-state index contributed by atoms with van der Waals surface area (Å²) < 4.78 is 17.5. The third-order valence-corrected chi connectivity index (χ3v) is 7.41. The summed E-state index contributed by atoms with van der Waals surface area (Å²) in [6, 6.07) is 23.6. The molecular weight excluding hydrogens is 494 g/mol. The number of nitrogens with one attached hydrogen (secondary N) is 3. The molecule has 3 aromatic carbocycles. The molecule has 0 aliphatic carbocycles. The van der Waals surface area contributed by atoms with Gasteiger partial charge in [0.05, 0.1) is 44.4 Å². The first-order valence-corrected chi connectivity index (χ1v) is 13.6. The summed E-state index contributed by atoms with van der Waals surface area (Å²) in [5, 5.41) is 10.1. The summed E-state index contributed by atoms with van der Waals surface area (Å²) in [5.41, 5.74) is 5.19. The minimum absolute atomic E-state index is 0.171. The van der Waals surface area contributed by atoms with E-state index in [1.165, 1.54) is 0 Å². The van der Waals surface area contributed by atoms with Crippen LogP contribution < -0.4 is 20.9 Å². The van der Waals surface area contributed by atoms with Gasteiger partial charge in [-0.25, -0.2) is 0 Å². The number of rotatable bonds is 8. The minimum atomic E-state index is -0.980. The topological polar surface area (TPSA) is 87.3 Å². The van der Waals surface area contributed by atoms with Crippen molar-refractivity contribution in [3.05, 3.63) is 83.9 Å². The van der Waals surface area contributed by atoms with Gasteiger partial charge in [0.2, 0.25) is 5.85 Å². The van der Waals surface area contributed by atoms with Gasteiger partial charge in [-0.3, -0.25) is 9.69 Å². The number of carbonyl (C=O) groups is 1. The van der Waals surface area contributed by atoms with E-state index < -0.39 is 5.85 Å². The van der Waals surface area contributed by atoms with Crippen molar-refractivity contribution in [2.45, 2.75) is 5.85 Å². The van der Waals surface area contributed by atoms with Gasteiger partial charge in [0.25, 0.3) is 5.91 Å². The van der Waals surface area contributed by atoms with E-state index in [0.717, 1.165) is 87.5 Å². The quantitative estimate of drug-likeness (QED) is 0.407. The number of carbonyl (C=O) groups excluding carboxylic acids is 1. The fraction of sp³-hybridized carbons (Fsp3) is 0.367. The molecule has 0 atom stereocenters. The van der Waals surface area contributed by atoms with Gasteiger partial charge in [0, 0.05) is 55.2 Å². The van der Waals surface area contributed by atoms with Gasteiger partial charge < -0.3 is 35.1 Å². The van der Waals surface area contributed by atoms with Gasteiger partial charge >= 0.3 is 0 Å². The number of hydrogen-bond acceptors (Lipinski definition) is 8. The van der Waals surface area contributed by atoms with Crippen LogP contribution in [-0.4, -0.2) is 76.6 Å². The number of morpholine rings is 2. The third kappa shape index (κ3) is 5.86. The maximum Gasteiger partial charge on any atom is 0.255 e. The van der Waals surface area contributed by atoms with Gasteiger partial charge in [-0.1, -0.05) is 24.3 Å². The van der Waals surface area contributed by atoms with Crippen LogP contribution >= 0.6 is 0 Å². The smallest absolute Gasteiger partial charge is 0.255 e. The van der Waals surface area contributed by atoms with Crippen molar-refractivity contribution in [3.63, 3.8) is 0 Å². The Kier molecular flexibility index (Phi) is 7.64. The first kappa shape index (κ1) is 25.6. The lowest BCUT2D eigenvalue weighted by atomic mass is 10.1. The van der Waals surface area contributed by atoms with Crippen molar-refractivity contribution in [1.29, 1.82) is 0 Å². The summed E-state index contributed by atoms with van der Waals surface area (Å²) in [6.45, 7) is 7.85. The number of fused-ring (bicyclic) bond motifs is 1. The molecule has 0 radical (unpaired) electrons. The number of hydrogen-bond donors (Lipinski definition) is 3. The Hall–Kier alpha value is -3.63. The van der Waals surface area contributed by atoms with Crippen LogP contribution in [0.5, 0.6) is 0 Å². The lowest BCUT2D eigenvalue weighted by Gasteiger charge is -2.33. The second-order valence-corrected chi connectivity index (χ2v) is 9.96. The molecule has 3 aromatic rings. The highest BCUT2D eigenvalue weighted by Crippen LogP contribution is 2.40. The van der Waals surface area contributed by atoms with E-state index in [-0.39, 0.29) is 5.91 Å². The number of anilines is 4. The van der Waals surface area contributed by atoms with Gasteiger partial charge in [-0.2, -0.15) is 0 Å². The second kappa shape index (κ2) is 11.6. The Labute approximate surface area is 229 Å². The average Bonchev–Trinajstić information content (AvgIpc) is 3.38. The van der Waals surface area contributed by atoms with E-state index in [9.17, 15) is 4.79 Å². The monoisotopic (exact) mass is 529 g/mol. The Morgan fingerprint density at radius 2 is 1.51 bits per heavy atom. The van der Waals surface area contributed by atoms with E-state index in [4.69, 9.17) is 14.2 Å². The van der Waals surface area contributed by atoms with Crippen LogP contribution in [0.3, 0.4) is 0 Å². The molecule has 3 N–H and O–H groups in total. The van der Waals surface area contributed by atoms with Crippen molar-refractivity contribution in [3.8, 4) is 0 Å². The SMILES string of the molecule is O=C(Nc1ccc(N2CCOCC2)cc1)c1cccc(C2(OCCN3CCOCC3)Nc3ccccc3N2)c1. The molecule has 3 heterocycles. The predicted molar refractivity (Wildman–Crippen MR) is 152 cm³/mol. The predicted octanol–water partition coefficient (Wildman–Crippen LogP) is 3.77. The molecule has 3 aliphatic heterocycles. The highest BCUT2D eigenvalue weighted by molar-refractivity contribution is 6.04. The Morgan fingerprint density at radius 1 is 0.846 bits per heavy atom. The number of nitrogens with zero attached hydrogens (tertiary/aromatic N) is 2. The summed E-state index contributed by atoms with van der Waals surface area (Å²) in [5.74, 6) is -1.15. The summed E-state index contributed by atoms with van der Waals surface area (Å²) in [7, 11) is 0. The molecule has 9 heteroatoms. The number of benzene rings is 3. The zero-order chi connectivity index (χ0) is 26.5. The molecule has 0 saturated carbocycles. The first-order chi connectivity index (χ1) is 19.2. The molecule has 2 fully saturated rings. The van der Waals surface area contributed by atoms with Crippen LogP contribution in [0.25, 0.3) is 0 Å². The van der Waals surface area contributed by atoms with Gasteiger partial charge in [0.1, 0.15) is 0 Å². The average molecular weight is 530 g/mol. The van der Waals surface area contributed by atoms with Crippen molar-refractivity contribution in [2.75, 3.05) is 86.6 Å². The van der Waals surface area contributed by atoms with Crippen LogP contribution in [0.15, 0.2) is 72.8 Å². The van der Waals surface area contributed by atoms with Crippen molar-refractivity contribution in [2.24, 2.45) is 0 Å². The summed E-state index contributed by atoms with van der Waals surface area (Å²) in [6.07, 6.45) is 0. The molecular formula is C30H35N5O4. The minimum Gasteiger partial charge on any atom is -0.379 e. The molecule has 1 amide bonds. The molecule has 0 unspecified atom stereocenters. The maximum absolute atomic E-state index is 13.3. The molecule has 6 rings (SSSR count). The van der Waals surface area contributed by atoms with Crippen LogP contribution in [0.1, 0.15) is 15.9 Å². The molecule has 204 valence electrons. The normalized spacial score (nSPS) is 18.6. The molecule has 39 heavy (non-hydrogen) atoms. The molecule has 0 bridgehead atoms. The van der Waals surface area contributed by atoms with Gasteiger partial charge in [0.15, 0.2) is 0 Å². The molecule has 3 aliphatic rings. The molecule has 0 aromatic heterocycles. The lowest BCUT2D eigenvalue weighted by Crippen LogP contribution is -2.45. The van der Waals surface area contributed by atoms with E-state index in [1.54, 1.807) is 0 Å². The van der Waals surface area contributed by atoms with Gasteiger partial charge in [-0.05, 0) is 48.5 Å². The fourth-order valence-corrected chi connectivity index (χ4v) is 5.22. The molecule has 9 nitrogen and oxygen atoms in total. The lowest BCUT2D eigenvalue weighted by molar-refractivity contribution is -0.0287. The highest BCUT2D eigenvalue weighted by Gasteiger charge is 2.39. The van der Waals surface area contributed by atoms with Crippen LogP contribution in [0.4, 0.5) is 22.7 Å². The summed E-state index contributed by atoms with van der Waals surface area (Å²) >= 11 is 0. The Bertz CT molecular complexity index is 1250. The second-order valence-electron chi connectivity index (χ2n) is 9.96. The van der Waals surface area contributed by atoms with Crippen LogP contribution in [-0.2, 0) is 20.1 Å². The van der Waals surface area contributed by atoms with E-state index >= 15 is 0 Å². The standard InChI is InChI=1S/C30H35N5O4/c36-29(31-25-8-10-26(11-9-25)35-15-19-38-20-16-35)23-4-3-5-24(22-23)30(32-27-6-1-2-7-28(27)33-30)39-21-14-34-12-17-37-18-13-34/h1-11,22,32-33H,12-21H2,(H,31,36). The van der Waals surface area contributed by atoms with Crippen molar-refractivity contribution < 1.29 is 19.0 Å². The van der Waals surface area contributed by atoms with Gasteiger partial charge in [-0.15, -0.1) is 0 Å². The van der Waals surface area contributed by atoms with Crippen molar-refractivity contribution in [1.82, 2.24) is 4.90 Å². The first-order valence-electron chi connectivity index (χ1n) is 13.6. The Balaban J connectivity index is 1.17. The third-order valence-electron chi connectivity index (χ3n) is 7.41. The maximum atomic E-state index is 13.3. The summed E-state index contributed by atoms with van der Waals surface area (Å²) in [4.78, 5) is 17.9. The zero-order valence-electron chi connectivity index (χ0n) is 22.0. The number of amides is 1.